The lowest BCUT2D eigenvalue weighted by atomic mass is 10.1. The number of hydrogen-bond acceptors (Lipinski definition) is 5. The number of rotatable bonds is 6. The van der Waals surface area contributed by atoms with Crippen molar-refractivity contribution in [3.05, 3.63) is 59.7 Å². The van der Waals surface area contributed by atoms with Gasteiger partial charge in [-0.1, -0.05) is 42.5 Å². The topological polar surface area (TPSA) is 102 Å². The summed E-state index contributed by atoms with van der Waals surface area (Å²) in [5.74, 6) is -0.229. The Morgan fingerprint density at radius 3 is 2.56 bits per heavy atom. The number of aryl methyl sites for hydroxylation is 1. The van der Waals surface area contributed by atoms with Crippen molar-refractivity contribution in [3.8, 4) is 11.4 Å². The molecule has 0 aliphatic carbocycles. The Kier molecular flexibility index (Phi) is 5.55. The molecule has 2 aromatic carbocycles. The van der Waals surface area contributed by atoms with Gasteiger partial charge in [0.2, 0.25) is 17.6 Å². The van der Waals surface area contributed by atoms with E-state index in [-0.39, 0.29) is 24.9 Å². The lowest BCUT2D eigenvalue weighted by Gasteiger charge is -2.10. The lowest BCUT2D eigenvalue weighted by molar-refractivity contribution is -0.124. The number of carbonyl (C=O) groups excluding carboxylic acids is 2. The zero-order valence-electron chi connectivity index (χ0n) is 15.1. The molecule has 1 aromatic heterocycles. The molecule has 0 saturated carbocycles. The number of carbonyl (C=O) groups is 2. The minimum absolute atomic E-state index is 0.114. The third kappa shape index (κ3) is 4.75. The first kappa shape index (κ1) is 18.2. The fourth-order valence-electron chi connectivity index (χ4n) is 2.46. The minimum atomic E-state index is -0.372. The number of nitrogens with zero attached hydrogens (tertiary/aromatic N) is 4. The maximum atomic E-state index is 12.0. The summed E-state index contributed by atoms with van der Waals surface area (Å²) in [6, 6.07) is 15.0. The summed E-state index contributed by atoms with van der Waals surface area (Å²) in [6.45, 7) is 3.66. The van der Waals surface area contributed by atoms with Gasteiger partial charge in [0.05, 0.1) is 6.54 Å². The Morgan fingerprint density at radius 1 is 1.00 bits per heavy atom. The Morgan fingerprint density at radius 2 is 1.78 bits per heavy atom. The fraction of sp³-hybridized carbons (Fsp3) is 0.211. The van der Waals surface area contributed by atoms with Crippen LogP contribution in [-0.2, 0) is 16.1 Å². The molecule has 0 bridgehead atoms. The molecule has 0 spiro atoms. The molecular weight excluding hydrogens is 344 g/mol. The third-order valence-electron chi connectivity index (χ3n) is 4.09. The normalized spacial score (nSPS) is 10.4. The largest absolute Gasteiger partial charge is 0.345 e. The standard InChI is InChI=1S/C19H20N6O2/c1-13-7-6-10-16(14(13)2)21-17(26)11-20-18(27)12-25-23-19(22-24-25)15-8-4-3-5-9-15/h3-10H,11-12H2,1-2H3,(H,20,27)(H,21,26). The van der Waals surface area contributed by atoms with E-state index in [1.807, 2.05) is 62.4 Å². The second-order valence-electron chi connectivity index (χ2n) is 6.08. The highest BCUT2D eigenvalue weighted by Crippen LogP contribution is 2.17. The highest BCUT2D eigenvalue weighted by atomic mass is 16.2. The number of amides is 2. The average molecular weight is 364 g/mol. The van der Waals surface area contributed by atoms with E-state index in [0.717, 1.165) is 22.4 Å². The first-order chi connectivity index (χ1) is 13.0. The average Bonchev–Trinajstić information content (AvgIpc) is 3.13. The minimum Gasteiger partial charge on any atom is -0.345 e. The van der Waals surface area contributed by atoms with Gasteiger partial charge >= 0.3 is 0 Å². The second-order valence-corrected chi connectivity index (χ2v) is 6.08. The van der Waals surface area contributed by atoms with Gasteiger partial charge < -0.3 is 10.6 Å². The smallest absolute Gasteiger partial charge is 0.244 e. The molecule has 0 atom stereocenters. The summed E-state index contributed by atoms with van der Waals surface area (Å²) in [5, 5.41) is 17.3. The van der Waals surface area contributed by atoms with Gasteiger partial charge in [0.1, 0.15) is 6.54 Å². The van der Waals surface area contributed by atoms with E-state index in [0.29, 0.717) is 5.82 Å². The molecule has 138 valence electrons. The molecule has 0 saturated heterocycles. The molecule has 1 heterocycles. The van der Waals surface area contributed by atoms with E-state index in [1.54, 1.807) is 0 Å². The Bertz CT molecular complexity index is 952. The number of hydrogen-bond donors (Lipinski definition) is 2. The molecular formula is C19H20N6O2. The molecule has 8 nitrogen and oxygen atoms in total. The van der Waals surface area contributed by atoms with Crippen molar-refractivity contribution in [1.82, 2.24) is 25.5 Å². The van der Waals surface area contributed by atoms with Crippen LogP contribution in [0, 0.1) is 13.8 Å². The van der Waals surface area contributed by atoms with Gasteiger partial charge in [-0.05, 0) is 36.3 Å². The summed E-state index contributed by atoms with van der Waals surface area (Å²) in [5.41, 5.74) is 3.64. The van der Waals surface area contributed by atoms with Crippen molar-refractivity contribution < 1.29 is 9.59 Å². The summed E-state index contributed by atoms with van der Waals surface area (Å²) >= 11 is 0. The van der Waals surface area contributed by atoms with Crippen molar-refractivity contribution in [2.75, 3.05) is 11.9 Å². The van der Waals surface area contributed by atoms with Gasteiger partial charge in [-0.2, -0.15) is 4.80 Å². The van der Waals surface area contributed by atoms with Crippen LogP contribution in [0.15, 0.2) is 48.5 Å². The summed E-state index contributed by atoms with van der Waals surface area (Å²) in [4.78, 5) is 25.3. The van der Waals surface area contributed by atoms with Crippen LogP contribution in [0.4, 0.5) is 5.69 Å². The molecule has 8 heteroatoms. The highest BCUT2D eigenvalue weighted by Gasteiger charge is 2.11. The van der Waals surface area contributed by atoms with Crippen LogP contribution < -0.4 is 10.6 Å². The van der Waals surface area contributed by atoms with Crippen LogP contribution in [0.2, 0.25) is 0 Å². The zero-order valence-corrected chi connectivity index (χ0v) is 15.1. The van der Waals surface area contributed by atoms with Gasteiger partial charge in [-0.25, -0.2) is 0 Å². The second kappa shape index (κ2) is 8.22. The Hall–Kier alpha value is -3.55. The highest BCUT2D eigenvalue weighted by molar-refractivity contribution is 5.95. The number of nitrogens with one attached hydrogen (secondary N) is 2. The van der Waals surface area contributed by atoms with Crippen molar-refractivity contribution in [1.29, 1.82) is 0 Å². The molecule has 0 unspecified atom stereocenters. The van der Waals surface area contributed by atoms with Gasteiger partial charge in [-0.3, -0.25) is 9.59 Å². The molecule has 0 aliphatic rings. The molecule has 0 radical (unpaired) electrons. The number of tetrazole rings is 1. The van der Waals surface area contributed by atoms with E-state index in [4.69, 9.17) is 0 Å². The Labute approximate surface area is 156 Å². The van der Waals surface area contributed by atoms with Crippen molar-refractivity contribution in [3.63, 3.8) is 0 Å². The first-order valence-electron chi connectivity index (χ1n) is 8.49. The Balaban J connectivity index is 1.50. The quantitative estimate of drug-likeness (QED) is 0.693. The maximum Gasteiger partial charge on any atom is 0.244 e. The van der Waals surface area contributed by atoms with Crippen molar-refractivity contribution in [2.24, 2.45) is 0 Å². The van der Waals surface area contributed by atoms with Crippen LogP contribution in [0.25, 0.3) is 11.4 Å². The van der Waals surface area contributed by atoms with Crippen molar-refractivity contribution in [2.45, 2.75) is 20.4 Å². The van der Waals surface area contributed by atoms with Crippen LogP contribution in [0.5, 0.6) is 0 Å². The van der Waals surface area contributed by atoms with Gasteiger partial charge in [0.15, 0.2) is 0 Å². The summed E-state index contributed by atoms with van der Waals surface area (Å²) in [7, 11) is 0. The molecule has 27 heavy (non-hydrogen) atoms. The summed E-state index contributed by atoms with van der Waals surface area (Å²) in [6.07, 6.45) is 0. The summed E-state index contributed by atoms with van der Waals surface area (Å²) < 4.78 is 0. The van der Waals surface area contributed by atoms with Crippen LogP contribution >= 0.6 is 0 Å². The molecule has 2 amide bonds. The van der Waals surface area contributed by atoms with Crippen molar-refractivity contribution >= 4 is 17.5 Å². The third-order valence-corrected chi connectivity index (χ3v) is 4.09. The van der Waals surface area contributed by atoms with Crippen LogP contribution in [0.1, 0.15) is 11.1 Å². The zero-order chi connectivity index (χ0) is 19.2. The molecule has 3 rings (SSSR count). The predicted molar refractivity (Wildman–Crippen MR) is 101 cm³/mol. The molecule has 0 fully saturated rings. The number of aromatic nitrogens is 4. The van der Waals surface area contributed by atoms with Crippen LogP contribution in [0.3, 0.4) is 0 Å². The van der Waals surface area contributed by atoms with Gasteiger partial charge in [0.25, 0.3) is 0 Å². The van der Waals surface area contributed by atoms with E-state index >= 15 is 0 Å². The fourth-order valence-corrected chi connectivity index (χ4v) is 2.46. The molecule has 2 N–H and O–H groups in total. The number of anilines is 1. The SMILES string of the molecule is Cc1cccc(NC(=O)CNC(=O)Cn2nnc(-c3ccccc3)n2)c1C. The van der Waals surface area contributed by atoms with Crippen LogP contribution in [-0.4, -0.2) is 38.6 Å². The monoisotopic (exact) mass is 364 g/mol. The van der Waals surface area contributed by atoms with E-state index in [1.165, 1.54) is 4.80 Å². The van der Waals surface area contributed by atoms with E-state index < -0.39 is 0 Å². The lowest BCUT2D eigenvalue weighted by Crippen LogP contribution is -2.35. The number of benzene rings is 2. The van der Waals surface area contributed by atoms with Gasteiger partial charge in [0, 0.05) is 11.3 Å². The molecule has 3 aromatic rings. The maximum absolute atomic E-state index is 12.0. The molecule has 0 aliphatic heterocycles. The van der Waals surface area contributed by atoms with E-state index in [9.17, 15) is 9.59 Å². The first-order valence-corrected chi connectivity index (χ1v) is 8.49. The predicted octanol–water partition coefficient (Wildman–Crippen LogP) is 1.71. The van der Waals surface area contributed by atoms with E-state index in [2.05, 4.69) is 26.0 Å². The van der Waals surface area contributed by atoms with Gasteiger partial charge in [-0.15, -0.1) is 10.2 Å².